The first-order valence-electron chi connectivity index (χ1n) is 10.2. The largest absolute Gasteiger partial charge is 0.491 e. The van der Waals surface area contributed by atoms with Crippen molar-refractivity contribution in [1.82, 2.24) is 14.9 Å². The summed E-state index contributed by atoms with van der Waals surface area (Å²) in [5, 5.41) is 16.3. The Morgan fingerprint density at radius 1 is 1.26 bits per heavy atom. The van der Waals surface area contributed by atoms with Crippen LogP contribution in [0.1, 0.15) is 5.01 Å². The molecule has 164 valence electrons. The van der Waals surface area contributed by atoms with Crippen molar-refractivity contribution in [2.45, 2.75) is 13.0 Å². The van der Waals surface area contributed by atoms with Gasteiger partial charge < -0.3 is 9.84 Å². The lowest BCUT2D eigenvalue weighted by Crippen LogP contribution is -2.54. The quantitative estimate of drug-likeness (QED) is 0.493. The van der Waals surface area contributed by atoms with E-state index in [0.29, 0.717) is 11.6 Å². The fourth-order valence-corrected chi connectivity index (χ4v) is 4.98. The number of aryl methyl sites for hydroxylation is 1. The summed E-state index contributed by atoms with van der Waals surface area (Å²) in [6.07, 6.45) is -0.565. The van der Waals surface area contributed by atoms with Gasteiger partial charge in [0.1, 0.15) is 18.5 Å². The normalized spacial score (nSPS) is 16.4. The molecule has 1 saturated heterocycles. The molecular weight excluding hydrogens is 452 g/mol. The zero-order valence-electron chi connectivity index (χ0n) is 17.3. The Hall–Kier alpha value is -1.81. The molecule has 0 saturated carbocycles. The van der Waals surface area contributed by atoms with Crippen molar-refractivity contribution < 1.29 is 9.84 Å². The molecule has 31 heavy (non-hydrogen) atoms. The second kappa shape index (κ2) is 10.2. The van der Waals surface area contributed by atoms with Gasteiger partial charge in [0.15, 0.2) is 0 Å². The number of halogens is 1. The number of rotatable bonds is 8. The van der Waals surface area contributed by atoms with Crippen molar-refractivity contribution in [1.29, 1.82) is 0 Å². The highest BCUT2D eigenvalue weighted by Gasteiger charge is 2.24. The van der Waals surface area contributed by atoms with Crippen LogP contribution in [0, 0.1) is 6.92 Å². The average Bonchev–Trinajstić information content (AvgIpc) is 3.14. The summed E-state index contributed by atoms with van der Waals surface area (Å²) in [6.45, 7) is 6.05. The number of nitrogens with zero attached hydrogens (tertiary/aromatic N) is 4. The maximum atomic E-state index is 10.5. The molecule has 0 aliphatic carbocycles. The molecule has 2 aromatic carbocycles. The summed E-state index contributed by atoms with van der Waals surface area (Å²) in [4.78, 5) is 6.73. The van der Waals surface area contributed by atoms with E-state index < -0.39 is 6.10 Å². The van der Waals surface area contributed by atoms with Crippen LogP contribution in [0.5, 0.6) is 5.75 Å². The molecule has 9 heteroatoms. The van der Waals surface area contributed by atoms with Gasteiger partial charge in [-0.1, -0.05) is 36.0 Å². The lowest BCUT2D eigenvalue weighted by Gasteiger charge is -2.40. The number of thiocarbonyl (C=S) groups is 1. The van der Waals surface area contributed by atoms with E-state index in [9.17, 15) is 5.11 Å². The first kappa shape index (κ1) is 22.4. The molecule has 2 heterocycles. The van der Waals surface area contributed by atoms with Gasteiger partial charge in [-0.15, -0.1) is 11.3 Å². The Kier molecular flexibility index (Phi) is 7.37. The second-order valence-corrected chi connectivity index (χ2v) is 9.34. The van der Waals surface area contributed by atoms with Crippen LogP contribution in [-0.4, -0.2) is 70.9 Å². The Morgan fingerprint density at radius 2 is 2.03 bits per heavy atom. The molecule has 0 amide bonds. The Balaban J connectivity index is 1.26. The number of piperazine rings is 1. The zero-order valence-corrected chi connectivity index (χ0v) is 19.7. The molecular formula is C22H25ClN4O2S2. The van der Waals surface area contributed by atoms with Crippen LogP contribution in [0.15, 0.2) is 42.5 Å². The summed E-state index contributed by atoms with van der Waals surface area (Å²) < 4.78 is 6.95. The molecule has 1 atom stereocenters. The second-order valence-electron chi connectivity index (χ2n) is 7.48. The number of hydrogen-bond acceptors (Lipinski definition) is 7. The Morgan fingerprint density at radius 3 is 2.77 bits per heavy atom. The standard InChI is InChI=1S/C22H25ClN4O2S2/c1-16-24-20-12-18(6-7-22(20)31-16)29-14-17(28)13-25-8-10-26(11-9-25)27(15-30)21-5-3-2-4-19(21)23/h2-7,12,15,17,28H,8-11,13-14H2,1H3/t17-/m1/s1. The molecule has 6 nitrogen and oxygen atoms in total. The van der Waals surface area contributed by atoms with E-state index in [1.165, 1.54) is 0 Å². The molecule has 4 rings (SSSR count). The van der Waals surface area contributed by atoms with Gasteiger partial charge in [0.2, 0.25) is 0 Å². The molecule has 0 bridgehead atoms. The van der Waals surface area contributed by atoms with Gasteiger partial charge in [-0.05, 0) is 31.2 Å². The van der Waals surface area contributed by atoms with E-state index >= 15 is 0 Å². The molecule has 1 N–H and O–H groups in total. The minimum atomic E-state index is -0.565. The van der Waals surface area contributed by atoms with Crippen molar-refractivity contribution >= 4 is 56.6 Å². The lowest BCUT2D eigenvalue weighted by molar-refractivity contribution is 0.0470. The number of fused-ring (bicyclic) bond motifs is 1. The number of aliphatic hydroxyl groups excluding tert-OH is 1. The van der Waals surface area contributed by atoms with E-state index in [2.05, 4.69) is 14.9 Å². The van der Waals surface area contributed by atoms with E-state index in [1.54, 1.807) is 16.8 Å². The Labute approximate surface area is 196 Å². The third-order valence-corrected chi connectivity index (χ3v) is 6.70. The maximum Gasteiger partial charge on any atom is 0.121 e. The van der Waals surface area contributed by atoms with Gasteiger partial charge >= 0.3 is 0 Å². The topological polar surface area (TPSA) is 52.1 Å². The van der Waals surface area contributed by atoms with E-state index in [4.69, 9.17) is 28.6 Å². The number of benzene rings is 2. The minimum Gasteiger partial charge on any atom is -0.491 e. The molecule has 0 unspecified atom stereocenters. The van der Waals surface area contributed by atoms with E-state index in [1.807, 2.05) is 54.4 Å². The van der Waals surface area contributed by atoms with Gasteiger partial charge in [-0.2, -0.15) is 0 Å². The van der Waals surface area contributed by atoms with Crippen LogP contribution in [0.25, 0.3) is 10.2 Å². The summed E-state index contributed by atoms with van der Waals surface area (Å²) in [5.41, 5.74) is 3.45. The molecule has 1 aromatic heterocycles. The molecule has 0 spiro atoms. The molecule has 3 aromatic rings. The first-order valence-corrected chi connectivity index (χ1v) is 11.8. The lowest BCUT2D eigenvalue weighted by atomic mass is 10.2. The fourth-order valence-electron chi connectivity index (χ4n) is 3.70. The van der Waals surface area contributed by atoms with Crippen LogP contribution in [0.4, 0.5) is 5.69 Å². The highest BCUT2D eigenvalue weighted by molar-refractivity contribution is 7.79. The van der Waals surface area contributed by atoms with Crippen LogP contribution >= 0.6 is 35.2 Å². The number of ether oxygens (including phenoxy) is 1. The van der Waals surface area contributed by atoms with Crippen LogP contribution < -0.4 is 9.75 Å². The van der Waals surface area contributed by atoms with Crippen molar-refractivity contribution in [3.05, 3.63) is 52.5 Å². The molecule has 1 aliphatic rings. The van der Waals surface area contributed by atoms with Crippen LogP contribution in [0.3, 0.4) is 0 Å². The molecule has 1 fully saturated rings. The number of hydrazine groups is 1. The number of para-hydroxylation sites is 1. The number of aromatic nitrogens is 1. The third kappa shape index (κ3) is 5.52. The molecule has 0 radical (unpaired) electrons. The summed E-state index contributed by atoms with van der Waals surface area (Å²) in [7, 11) is 0. The predicted molar refractivity (Wildman–Crippen MR) is 131 cm³/mol. The minimum absolute atomic E-state index is 0.251. The number of hydrogen-bond donors (Lipinski definition) is 1. The number of β-amino-alcohol motifs (C(OH)–C–C–N with tert-alkyl or cyclic N) is 1. The fraction of sp³-hybridized carbons (Fsp3) is 0.364. The summed E-state index contributed by atoms with van der Waals surface area (Å²) >= 11 is 13.2. The smallest absolute Gasteiger partial charge is 0.121 e. The van der Waals surface area contributed by atoms with Gasteiger partial charge in [-0.3, -0.25) is 9.91 Å². The van der Waals surface area contributed by atoms with Crippen molar-refractivity contribution in [2.75, 3.05) is 44.3 Å². The monoisotopic (exact) mass is 476 g/mol. The average molecular weight is 477 g/mol. The van der Waals surface area contributed by atoms with Gasteiger partial charge in [-0.25, -0.2) is 9.99 Å². The van der Waals surface area contributed by atoms with Crippen molar-refractivity contribution in [3.8, 4) is 5.75 Å². The highest BCUT2D eigenvalue weighted by atomic mass is 35.5. The van der Waals surface area contributed by atoms with Crippen LogP contribution in [-0.2, 0) is 0 Å². The number of aliphatic hydroxyl groups is 1. The summed E-state index contributed by atoms with van der Waals surface area (Å²) in [5.74, 6) is 0.734. The van der Waals surface area contributed by atoms with Gasteiger partial charge in [0.05, 0.1) is 31.4 Å². The predicted octanol–water partition coefficient (Wildman–Crippen LogP) is 3.99. The third-order valence-electron chi connectivity index (χ3n) is 5.23. The highest BCUT2D eigenvalue weighted by Crippen LogP contribution is 2.27. The van der Waals surface area contributed by atoms with Crippen LogP contribution in [0.2, 0.25) is 5.02 Å². The number of thiazole rings is 1. The zero-order chi connectivity index (χ0) is 21.8. The maximum absolute atomic E-state index is 10.5. The molecule has 1 aliphatic heterocycles. The Bertz CT molecular complexity index is 1040. The van der Waals surface area contributed by atoms with Crippen molar-refractivity contribution in [2.24, 2.45) is 0 Å². The number of anilines is 1. The van der Waals surface area contributed by atoms with Crippen molar-refractivity contribution in [3.63, 3.8) is 0 Å². The SMILES string of the molecule is Cc1nc2cc(OC[C@H](O)CN3CCN(N(C=S)c4ccccc4Cl)CC3)ccc2s1. The summed E-state index contributed by atoms with van der Waals surface area (Å²) in [6, 6.07) is 13.6. The first-order chi connectivity index (χ1) is 15.0. The van der Waals surface area contributed by atoms with Gasteiger partial charge in [0, 0.05) is 38.8 Å². The van der Waals surface area contributed by atoms with E-state index in [-0.39, 0.29) is 6.61 Å². The van der Waals surface area contributed by atoms with Gasteiger partial charge in [0.25, 0.3) is 0 Å². The van der Waals surface area contributed by atoms with E-state index in [0.717, 1.165) is 52.8 Å².